The average Bonchev–Trinajstić information content (AvgIpc) is 3.18. The van der Waals surface area contributed by atoms with Gasteiger partial charge in [-0.15, -0.1) is 11.3 Å². The van der Waals surface area contributed by atoms with Crippen LogP contribution in [-0.4, -0.2) is 47.9 Å². The number of amides is 2. The number of carbonyl (C=O) groups is 2. The lowest BCUT2D eigenvalue weighted by molar-refractivity contribution is -0.142. The SMILES string of the molecule is CCC(=O)N(CC)CC(=O)N1CCc2sccc2[C@@H]1COc1cccc(F)c1. The van der Waals surface area contributed by atoms with Crippen LogP contribution in [0.4, 0.5) is 4.39 Å². The van der Waals surface area contributed by atoms with Crippen LogP contribution < -0.4 is 4.74 Å². The highest BCUT2D eigenvalue weighted by atomic mass is 32.1. The zero-order chi connectivity index (χ0) is 20.1. The Hall–Kier alpha value is -2.41. The topological polar surface area (TPSA) is 49.9 Å². The molecule has 0 aliphatic carbocycles. The summed E-state index contributed by atoms with van der Waals surface area (Å²) in [5.74, 6) is -0.0435. The molecule has 1 aliphatic heterocycles. The van der Waals surface area contributed by atoms with Crippen molar-refractivity contribution in [2.24, 2.45) is 0 Å². The summed E-state index contributed by atoms with van der Waals surface area (Å²) in [6, 6.07) is 7.77. The van der Waals surface area contributed by atoms with E-state index < -0.39 is 0 Å². The van der Waals surface area contributed by atoms with Gasteiger partial charge < -0.3 is 14.5 Å². The largest absolute Gasteiger partial charge is 0.491 e. The van der Waals surface area contributed by atoms with Crippen molar-refractivity contribution >= 4 is 23.2 Å². The second-order valence-corrected chi connectivity index (χ2v) is 7.68. The summed E-state index contributed by atoms with van der Waals surface area (Å²) in [4.78, 5) is 29.7. The maximum absolute atomic E-state index is 13.4. The molecule has 2 heterocycles. The number of rotatable bonds is 7. The van der Waals surface area contributed by atoms with Crippen LogP contribution in [0.3, 0.4) is 0 Å². The zero-order valence-corrected chi connectivity index (χ0v) is 17.0. The van der Waals surface area contributed by atoms with Gasteiger partial charge in [-0.2, -0.15) is 0 Å². The molecule has 0 N–H and O–H groups in total. The summed E-state index contributed by atoms with van der Waals surface area (Å²) >= 11 is 1.68. The summed E-state index contributed by atoms with van der Waals surface area (Å²) in [7, 11) is 0. The van der Waals surface area contributed by atoms with E-state index in [1.165, 1.54) is 17.0 Å². The van der Waals surface area contributed by atoms with Gasteiger partial charge in [-0.25, -0.2) is 4.39 Å². The van der Waals surface area contributed by atoms with E-state index >= 15 is 0 Å². The quantitative estimate of drug-likeness (QED) is 0.708. The molecule has 0 saturated heterocycles. The third kappa shape index (κ3) is 4.52. The molecular weight excluding hydrogens is 379 g/mol. The van der Waals surface area contributed by atoms with Crippen LogP contribution in [0.25, 0.3) is 0 Å². The third-order valence-corrected chi connectivity index (χ3v) is 5.98. The Bertz CT molecular complexity index is 839. The molecule has 1 aromatic heterocycles. The fraction of sp³-hybridized carbons (Fsp3) is 0.429. The van der Waals surface area contributed by atoms with Gasteiger partial charge in [0, 0.05) is 30.5 Å². The zero-order valence-electron chi connectivity index (χ0n) is 16.2. The minimum absolute atomic E-state index is 0.0309. The van der Waals surface area contributed by atoms with Crippen LogP contribution in [0.5, 0.6) is 5.75 Å². The fourth-order valence-electron chi connectivity index (χ4n) is 3.46. The van der Waals surface area contributed by atoms with Crippen LogP contribution in [0, 0.1) is 5.82 Å². The predicted octanol–water partition coefficient (Wildman–Crippen LogP) is 3.65. The normalized spacial score (nSPS) is 15.8. The van der Waals surface area contributed by atoms with E-state index in [2.05, 4.69) is 0 Å². The van der Waals surface area contributed by atoms with Crippen molar-refractivity contribution in [3.8, 4) is 5.75 Å². The van der Waals surface area contributed by atoms with Crippen LogP contribution in [0.15, 0.2) is 35.7 Å². The first-order valence-corrected chi connectivity index (χ1v) is 10.4. The van der Waals surface area contributed by atoms with E-state index in [-0.39, 0.29) is 36.8 Å². The first-order chi connectivity index (χ1) is 13.5. The van der Waals surface area contributed by atoms with Gasteiger partial charge in [0.1, 0.15) is 18.2 Å². The van der Waals surface area contributed by atoms with Crippen LogP contribution in [0.2, 0.25) is 0 Å². The summed E-state index contributed by atoms with van der Waals surface area (Å²) in [6.07, 6.45) is 1.17. The van der Waals surface area contributed by atoms with Crippen LogP contribution in [-0.2, 0) is 16.0 Å². The highest BCUT2D eigenvalue weighted by Crippen LogP contribution is 2.34. The van der Waals surface area contributed by atoms with E-state index in [0.717, 1.165) is 12.0 Å². The van der Waals surface area contributed by atoms with Gasteiger partial charge in [0.25, 0.3) is 0 Å². The highest BCUT2D eigenvalue weighted by Gasteiger charge is 2.33. The molecule has 1 aromatic carbocycles. The summed E-state index contributed by atoms with van der Waals surface area (Å²) in [5, 5.41) is 2.02. The second-order valence-electron chi connectivity index (χ2n) is 6.68. The van der Waals surface area contributed by atoms with Crippen LogP contribution in [0.1, 0.15) is 36.8 Å². The summed E-state index contributed by atoms with van der Waals surface area (Å²) < 4.78 is 19.3. The monoisotopic (exact) mass is 404 g/mol. The first-order valence-electron chi connectivity index (χ1n) is 9.55. The molecule has 1 atom stereocenters. The van der Waals surface area contributed by atoms with Crippen molar-refractivity contribution in [2.75, 3.05) is 26.2 Å². The molecule has 0 radical (unpaired) electrons. The van der Waals surface area contributed by atoms with Crippen LogP contribution >= 0.6 is 11.3 Å². The molecule has 0 spiro atoms. The Kier molecular flexibility index (Phi) is 6.67. The van der Waals surface area contributed by atoms with Gasteiger partial charge in [0.05, 0.1) is 12.6 Å². The van der Waals surface area contributed by atoms with Gasteiger partial charge in [-0.3, -0.25) is 9.59 Å². The van der Waals surface area contributed by atoms with Gasteiger partial charge in [0.15, 0.2) is 0 Å². The fourth-order valence-corrected chi connectivity index (χ4v) is 4.39. The molecule has 150 valence electrons. The smallest absolute Gasteiger partial charge is 0.242 e. The first kappa shape index (κ1) is 20.3. The predicted molar refractivity (Wildman–Crippen MR) is 107 cm³/mol. The number of halogens is 1. The molecule has 0 bridgehead atoms. The Morgan fingerprint density at radius 3 is 2.86 bits per heavy atom. The van der Waals surface area contributed by atoms with Gasteiger partial charge in [-0.05, 0) is 42.5 Å². The molecule has 2 amide bonds. The molecule has 28 heavy (non-hydrogen) atoms. The molecular formula is C21H25FN2O3S. The van der Waals surface area contributed by atoms with Gasteiger partial charge in [-0.1, -0.05) is 13.0 Å². The standard InChI is InChI=1S/C21H25FN2O3S/c1-3-20(25)23(4-2)13-21(26)24-10-8-19-17(9-11-28-19)18(24)14-27-16-7-5-6-15(22)12-16/h5-7,9,11-12,18H,3-4,8,10,13-14H2,1-2H3/t18-/m0/s1. The number of fused-ring (bicyclic) bond motifs is 1. The number of carbonyl (C=O) groups excluding carboxylic acids is 2. The van der Waals surface area contributed by atoms with Crippen molar-refractivity contribution in [1.29, 1.82) is 0 Å². The highest BCUT2D eigenvalue weighted by molar-refractivity contribution is 7.10. The Morgan fingerprint density at radius 1 is 1.32 bits per heavy atom. The minimum Gasteiger partial charge on any atom is -0.491 e. The Morgan fingerprint density at radius 2 is 2.14 bits per heavy atom. The molecule has 0 unspecified atom stereocenters. The van der Waals surface area contributed by atoms with Crippen molar-refractivity contribution < 1.29 is 18.7 Å². The van der Waals surface area contributed by atoms with E-state index in [0.29, 0.717) is 25.3 Å². The molecule has 5 nitrogen and oxygen atoms in total. The Balaban J connectivity index is 1.76. The molecule has 3 rings (SSSR count). The lowest BCUT2D eigenvalue weighted by Crippen LogP contribution is -2.47. The molecule has 0 saturated carbocycles. The lowest BCUT2D eigenvalue weighted by Gasteiger charge is -2.37. The van der Waals surface area contributed by atoms with Gasteiger partial charge >= 0.3 is 0 Å². The number of ether oxygens (including phenoxy) is 1. The second kappa shape index (κ2) is 9.19. The molecule has 1 aliphatic rings. The van der Waals surface area contributed by atoms with Crippen molar-refractivity contribution in [3.05, 3.63) is 52.0 Å². The van der Waals surface area contributed by atoms with Crippen molar-refractivity contribution in [2.45, 2.75) is 32.7 Å². The van der Waals surface area contributed by atoms with E-state index in [1.54, 1.807) is 40.2 Å². The number of hydrogen-bond acceptors (Lipinski definition) is 4. The average molecular weight is 405 g/mol. The lowest BCUT2D eigenvalue weighted by atomic mass is 10.0. The van der Waals surface area contributed by atoms with E-state index in [9.17, 15) is 14.0 Å². The third-order valence-electron chi connectivity index (χ3n) is 4.98. The number of likely N-dealkylation sites (N-methyl/N-ethyl adjacent to an activating group) is 1. The van der Waals surface area contributed by atoms with E-state index in [4.69, 9.17) is 4.74 Å². The van der Waals surface area contributed by atoms with Gasteiger partial charge in [0.2, 0.25) is 11.8 Å². The summed E-state index contributed by atoms with van der Waals surface area (Å²) in [5.41, 5.74) is 1.07. The number of hydrogen-bond donors (Lipinski definition) is 0. The number of nitrogens with zero attached hydrogens (tertiary/aromatic N) is 2. The van der Waals surface area contributed by atoms with Crippen molar-refractivity contribution in [3.63, 3.8) is 0 Å². The molecule has 7 heteroatoms. The summed E-state index contributed by atoms with van der Waals surface area (Å²) in [6.45, 7) is 5.07. The molecule has 2 aromatic rings. The maximum Gasteiger partial charge on any atom is 0.242 e. The molecule has 0 fully saturated rings. The maximum atomic E-state index is 13.4. The Labute approximate surface area is 168 Å². The minimum atomic E-state index is -0.359. The number of thiophene rings is 1. The van der Waals surface area contributed by atoms with Crippen molar-refractivity contribution in [1.82, 2.24) is 9.80 Å². The van der Waals surface area contributed by atoms with E-state index in [1.807, 2.05) is 18.4 Å². The number of benzene rings is 1.